The summed E-state index contributed by atoms with van der Waals surface area (Å²) in [4.78, 5) is 11.2. The maximum atomic E-state index is 12.8. The molecule has 124 valence electrons. The zero-order valence-electron chi connectivity index (χ0n) is 11.2. The van der Waals surface area contributed by atoms with E-state index in [0.717, 1.165) is 19.2 Å². The summed E-state index contributed by atoms with van der Waals surface area (Å²) in [7, 11) is 1.13. The number of rotatable bonds is 3. The van der Waals surface area contributed by atoms with E-state index in [-0.39, 0.29) is 16.8 Å². The fraction of sp³-hybridized carbons (Fsp3) is 0.273. The van der Waals surface area contributed by atoms with Crippen LogP contribution in [0.1, 0.15) is 11.1 Å². The summed E-state index contributed by atoms with van der Waals surface area (Å²) in [6.45, 7) is -0.394. The van der Waals surface area contributed by atoms with Crippen LogP contribution in [0.4, 0.5) is 18.0 Å². The van der Waals surface area contributed by atoms with Gasteiger partial charge in [0.1, 0.15) is 12.4 Å². The first-order valence-electron chi connectivity index (χ1n) is 5.40. The summed E-state index contributed by atoms with van der Waals surface area (Å²) in [5.74, 6) is -0.721. The zero-order valence-corrected chi connectivity index (χ0v) is 12.0. The number of alkyl halides is 3. The Balaban J connectivity index is 0.00000441. The van der Waals surface area contributed by atoms with Crippen molar-refractivity contribution in [3.8, 4) is 5.75 Å². The van der Waals surface area contributed by atoms with Crippen molar-refractivity contribution in [3.05, 3.63) is 29.3 Å². The number of carbonyl (C=O) groups excluding carboxylic acids is 1. The number of benzene rings is 1. The van der Waals surface area contributed by atoms with Gasteiger partial charge in [0, 0.05) is 11.8 Å². The number of amides is 1. The molecule has 0 atom stereocenters. The lowest BCUT2D eigenvalue weighted by Gasteiger charge is -2.13. The first kappa shape index (κ1) is 19.8. The highest BCUT2D eigenvalue weighted by atomic mass is 35.5. The second-order valence-corrected chi connectivity index (χ2v) is 3.87. The fourth-order valence-corrected chi connectivity index (χ4v) is 1.42. The van der Waals surface area contributed by atoms with Gasteiger partial charge in [-0.1, -0.05) is 6.07 Å². The molecule has 0 spiro atoms. The van der Waals surface area contributed by atoms with Crippen LogP contribution in [0.25, 0.3) is 0 Å². The van der Waals surface area contributed by atoms with E-state index in [1.54, 1.807) is 0 Å². The van der Waals surface area contributed by atoms with Crippen LogP contribution in [0.2, 0.25) is 0 Å². The zero-order chi connectivity index (χ0) is 16.0. The van der Waals surface area contributed by atoms with Gasteiger partial charge in [0.15, 0.2) is 0 Å². The van der Waals surface area contributed by atoms with Gasteiger partial charge in [0.25, 0.3) is 0 Å². The van der Waals surface area contributed by atoms with Crippen LogP contribution in [0.3, 0.4) is 0 Å². The molecule has 0 radical (unpaired) electrons. The maximum Gasteiger partial charge on any atom is 0.419 e. The number of nitrogens with zero attached hydrogens (tertiary/aromatic N) is 1. The Kier molecular flexibility index (Phi) is 7.46. The minimum absolute atomic E-state index is 0. The third-order valence-electron chi connectivity index (χ3n) is 2.26. The Morgan fingerprint density at radius 2 is 2.09 bits per heavy atom. The Morgan fingerprint density at radius 3 is 2.59 bits per heavy atom. The molecule has 0 aliphatic rings. The highest BCUT2D eigenvalue weighted by Gasteiger charge is 2.34. The van der Waals surface area contributed by atoms with E-state index >= 15 is 0 Å². The number of halogens is 4. The van der Waals surface area contributed by atoms with Gasteiger partial charge in [-0.2, -0.15) is 13.2 Å². The van der Waals surface area contributed by atoms with E-state index in [1.165, 1.54) is 6.07 Å². The predicted molar refractivity (Wildman–Crippen MR) is 72.4 cm³/mol. The van der Waals surface area contributed by atoms with Gasteiger partial charge in [-0.3, -0.25) is 5.32 Å². The predicted octanol–water partition coefficient (Wildman–Crippen LogP) is 1.58. The fourth-order valence-electron chi connectivity index (χ4n) is 1.38. The van der Waals surface area contributed by atoms with Crippen molar-refractivity contribution in [2.75, 3.05) is 7.11 Å². The van der Waals surface area contributed by atoms with Crippen LogP contribution >= 0.6 is 11.8 Å². The Bertz CT molecular complexity index is 552. The molecule has 0 heterocycles. The number of methoxy groups -OCH3 is 1. The quantitative estimate of drug-likeness (QED) is 0.640. The molecule has 5 N–H and O–H groups in total. The van der Waals surface area contributed by atoms with Crippen molar-refractivity contribution in [2.24, 2.45) is 10.2 Å². The van der Waals surface area contributed by atoms with Gasteiger partial charge < -0.3 is 20.7 Å². The van der Waals surface area contributed by atoms with E-state index in [2.05, 4.69) is 14.0 Å². The molecule has 1 aromatic carbocycles. The molecular weight excluding hydrogens is 331 g/mol. The van der Waals surface area contributed by atoms with Crippen molar-refractivity contribution >= 4 is 23.8 Å². The van der Waals surface area contributed by atoms with E-state index in [1.807, 2.05) is 5.32 Å². The van der Waals surface area contributed by atoms with E-state index < -0.39 is 30.4 Å². The van der Waals surface area contributed by atoms with Crippen molar-refractivity contribution in [3.63, 3.8) is 0 Å². The lowest BCUT2D eigenvalue weighted by molar-refractivity contribution is -0.138. The molecule has 11 heteroatoms. The van der Waals surface area contributed by atoms with Crippen LogP contribution in [0.5, 0.6) is 5.75 Å². The van der Waals surface area contributed by atoms with Crippen LogP contribution in [-0.4, -0.2) is 24.6 Å². The lowest BCUT2D eigenvalue weighted by Crippen LogP contribution is -2.36. The van der Waals surface area contributed by atoms with Gasteiger partial charge in [-0.15, -0.1) is 4.51 Å². The Labute approximate surface area is 128 Å². The van der Waals surface area contributed by atoms with Crippen molar-refractivity contribution in [2.45, 2.75) is 12.8 Å². The molecular formula is C11H13ClF3N3O4. The number of nitrogens with one attached hydrogen (secondary N) is 1. The summed E-state index contributed by atoms with van der Waals surface area (Å²) in [6.07, 6.45) is -5.58. The highest BCUT2D eigenvalue weighted by molar-refractivity contribution is 6.20. The van der Waals surface area contributed by atoms with Crippen molar-refractivity contribution < 1.29 is 32.9 Å². The van der Waals surface area contributed by atoms with E-state index in [0.29, 0.717) is 0 Å². The van der Waals surface area contributed by atoms with Crippen molar-refractivity contribution in [1.82, 2.24) is 5.32 Å². The molecule has 0 bridgehead atoms. The molecule has 1 amide bonds. The minimum Gasteiger partial charge on any atom is -0.496 e. The lowest BCUT2D eigenvalue weighted by atomic mass is 10.1. The topological polar surface area (TPSA) is 117 Å². The van der Waals surface area contributed by atoms with E-state index in [9.17, 15) is 18.0 Å². The summed E-state index contributed by atoms with van der Waals surface area (Å²) in [6, 6.07) is 3.29. The summed E-state index contributed by atoms with van der Waals surface area (Å²) < 4.78 is 50.6. The number of nitrogens with two attached hydrogens (primary N) is 1. The van der Waals surface area contributed by atoms with Crippen molar-refractivity contribution in [1.29, 1.82) is 0 Å². The van der Waals surface area contributed by atoms with Gasteiger partial charge >= 0.3 is 12.3 Å². The van der Waals surface area contributed by atoms with Gasteiger partial charge in [-0.25, -0.2) is 4.79 Å². The van der Waals surface area contributed by atoms with Crippen LogP contribution in [0, 0.1) is 0 Å². The molecule has 0 fully saturated rings. The second kappa shape index (κ2) is 8.29. The van der Waals surface area contributed by atoms with Gasteiger partial charge in [-0.05, 0) is 17.7 Å². The molecule has 0 saturated heterocycles. The molecule has 0 aliphatic carbocycles. The average Bonchev–Trinajstić information content (AvgIpc) is 2.43. The third-order valence-corrected chi connectivity index (χ3v) is 2.44. The van der Waals surface area contributed by atoms with Crippen LogP contribution in [-0.2, 0) is 17.5 Å². The number of guanidine groups is 1. The van der Waals surface area contributed by atoms with Gasteiger partial charge in [0.05, 0.1) is 12.7 Å². The van der Waals surface area contributed by atoms with Gasteiger partial charge in [0.2, 0.25) is 5.96 Å². The molecule has 1 aromatic rings. The first-order valence-corrected chi connectivity index (χ1v) is 5.74. The third kappa shape index (κ3) is 5.66. The smallest absolute Gasteiger partial charge is 0.419 e. The largest absolute Gasteiger partial charge is 0.496 e. The summed E-state index contributed by atoms with van der Waals surface area (Å²) in [5, 5.41) is 1.95. The Morgan fingerprint density at radius 1 is 1.45 bits per heavy atom. The molecule has 22 heavy (non-hydrogen) atoms. The maximum absolute atomic E-state index is 12.8. The summed E-state index contributed by atoms with van der Waals surface area (Å²) in [5.41, 5.74) is 4.26. The SMILES string of the molecule is COc1ccc(COC(=O)NC(N)=NCl)cc1C(F)(F)F.O. The number of alkyl carbamates (subject to hydrolysis) is 1. The number of hydrogen-bond acceptors (Lipinski definition) is 4. The summed E-state index contributed by atoms with van der Waals surface area (Å²) >= 11 is 4.97. The highest BCUT2D eigenvalue weighted by Crippen LogP contribution is 2.36. The molecule has 0 unspecified atom stereocenters. The standard InChI is InChI=1S/C11H11ClF3N3O3.H2O/c1-20-8-3-2-6(4-7(8)11(13,14)15)5-21-10(19)17-9(16)18-12;/h2-4H,5H2,1H3,(H3,16,17,18,19);1H2. The first-order chi connectivity index (χ1) is 9.77. The molecule has 7 nitrogen and oxygen atoms in total. The molecule has 0 saturated carbocycles. The Hall–Kier alpha value is -2.20. The molecule has 1 rings (SSSR count). The number of carbonyl (C=O) groups is 1. The van der Waals surface area contributed by atoms with Crippen LogP contribution in [0.15, 0.2) is 22.7 Å². The number of ether oxygens (including phenoxy) is 2. The monoisotopic (exact) mass is 343 g/mol. The second-order valence-electron chi connectivity index (χ2n) is 3.70. The average molecular weight is 344 g/mol. The normalized spacial score (nSPS) is 11.4. The van der Waals surface area contributed by atoms with Crippen LogP contribution < -0.4 is 15.8 Å². The number of hydrogen-bond donors (Lipinski definition) is 2. The molecule has 0 aromatic heterocycles. The molecule has 0 aliphatic heterocycles. The van der Waals surface area contributed by atoms with E-state index in [4.69, 9.17) is 17.5 Å². The minimum atomic E-state index is -4.58.